The number of nitrogens with zero attached hydrogens (tertiary/aromatic N) is 3. The van der Waals surface area contributed by atoms with E-state index in [4.69, 9.17) is 10.2 Å². The Bertz CT molecular complexity index is 749. The van der Waals surface area contributed by atoms with Gasteiger partial charge in [-0.2, -0.15) is 0 Å². The van der Waals surface area contributed by atoms with Gasteiger partial charge in [0.15, 0.2) is 10.7 Å². The predicted octanol–water partition coefficient (Wildman–Crippen LogP) is 3.11. The van der Waals surface area contributed by atoms with Crippen LogP contribution in [0.3, 0.4) is 0 Å². The molecular weight excluding hydrogens is 272 g/mol. The first-order chi connectivity index (χ1) is 9.60. The molecule has 0 amide bonds. The highest BCUT2D eigenvalue weighted by atomic mass is 32.2. The van der Waals surface area contributed by atoms with Gasteiger partial charge in [-0.05, 0) is 32.0 Å². The van der Waals surface area contributed by atoms with Gasteiger partial charge in [0, 0.05) is 23.1 Å². The third-order valence-corrected chi connectivity index (χ3v) is 3.58. The van der Waals surface area contributed by atoms with Gasteiger partial charge in [0.2, 0.25) is 5.89 Å². The summed E-state index contributed by atoms with van der Waals surface area (Å²) in [5.41, 5.74) is 9.84. The van der Waals surface area contributed by atoms with Crippen molar-refractivity contribution in [1.82, 2.24) is 15.0 Å². The van der Waals surface area contributed by atoms with E-state index in [0.29, 0.717) is 22.9 Å². The average molecular weight is 286 g/mol. The van der Waals surface area contributed by atoms with Crippen molar-refractivity contribution in [2.75, 3.05) is 5.73 Å². The van der Waals surface area contributed by atoms with Crippen LogP contribution in [0, 0.1) is 13.8 Å². The van der Waals surface area contributed by atoms with Crippen LogP contribution in [0.1, 0.15) is 17.3 Å². The Hall–Kier alpha value is -2.08. The molecule has 102 valence electrons. The molecule has 2 heterocycles. The Balaban J connectivity index is 1.79. The molecule has 20 heavy (non-hydrogen) atoms. The summed E-state index contributed by atoms with van der Waals surface area (Å²) in [6.45, 7) is 3.92. The molecule has 0 saturated heterocycles. The van der Waals surface area contributed by atoms with Gasteiger partial charge in [0.25, 0.3) is 0 Å². The average Bonchev–Trinajstić information content (AvgIpc) is 2.77. The van der Waals surface area contributed by atoms with Crippen LogP contribution in [0.5, 0.6) is 0 Å². The van der Waals surface area contributed by atoms with Gasteiger partial charge in [-0.25, -0.2) is 15.0 Å². The number of oxazole rings is 1. The second kappa shape index (κ2) is 5.13. The number of fused-ring (bicyclic) bond motifs is 1. The second-order valence-electron chi connectivity index (χ2n) is 4.56. The topological polar surface area (TPSA) is 77.8 Å². The maximum absolute atomic E-state index is 5.72. The number of hydrogen-bond donors (Lipinski definition) is 1. The lowest BCUT2D eigenvalue weighted by atomic mass is 10.3. The molecule has 0 bridgehead atoms. The van der Waals surface area contributed by atoms with E-state index in [1.54, 1.807) is 6.07 Å². The first-order valence-corrected chi connectivity index (χ1v) is 7.19. The van der Waals surface area contributed by atoms with Crippen LogP contribution in [-0.2, 0) is 5.75 Å². The van der Waals surface area contributed by atoms with Crippen molar-refractivity contribution >= 4 is 28.5 Å². The van der Waals surface area contributed by atoms with E-state index in [-0.39, 0.29) is 0 Å². The number of benzene rings is 1. The monoisotopic (exact) mass is 286 g/mol. The Morgan fingerprint density at radius 3 is 2.60 bits per heavy atom. The first kappa shape index (κ1) is 12.9. The Morgan fingerprint density at radius 2 is 1.85 bits per heavy atom. The molecule has 0 unspecified atom stereocenters. The number of nitrogens with two attached hydrogens (primary N) is 1. The summed E-state index contributed by atoms with van der Waals surface area (Å²) in [4.78, 5) is 13.2. The highest BCUT2D eigenvalue weighted by Crippen LogP contribution is 2.24. The predicted molar refractivity (Wildman–Crippen MR) is 79.5 cm³/mol. The zero-order valence-corrected chi connectivity index (χ0v) is 12.1. The maximum Gasteiger partial charge on any atom is 0.205 e. The number of thioether (sulfide) groups is 1. The molecule has 0 aliphatic rings. The van der Waals surface area contributed by atoms with Crippen molar-refractivity contribution in [1.29, 1.82) is 0 Å². The van der Waals surface area contributed by atoms with Crippen LogP contribution in [0.4, 0.5) is 5.69 Å². The van der Waals surface area contributed by atoms with Gasteiger partial charge < -0.3 is 10.2 Å². The number of hydrogen-bond acceptors (Lipinski definition) is 6. The summed E-state index contributed by atoms with van der Waals surface area (Å²) in [5.74, 6) is 1.25. The lowest BCUT2D eigenvalue weighted by Gasteiger charge is -2.00. The molecule has 3 rings (SSSR count). The molecular formula is C14H14N4OS. The van der Waals surface area contributed by atoms with Gasteiger partial charge in [0.1, 0.15) is 5.52 Å². The lowest BCUT2D eigenvalue weighted by molar-refractivity contribution is 0.556. The molecule has 6 heteroatoms. The SMILES string of the molecule is Cc1cc(C)nc(SCc2nc3ccc(N)cc3o2)n1. The molecule has 0 aliphatic heterocycles. The first-order valence-electron chi connectivity index (χ1n) is 6.20. The van der Waals surface area contributed by atoms with E-state index >= 15 is 0 Å². The molecule has 0 fully saturated rings. The molecule has 2 aromatic heterocycles. The van der Waals surface area contributed by atoms with Crippen molar-refractivity contribution in [2.24, 2.45) is 0 Å². The fourth-order valence-electron chi connectivity index (χ4n) is 1.94. The lowest BCUT2D eigenvalue weighted by Crippen LogP contribution is -1.93. The van der Waals surface area contributed by atoms with E-state index in [1.807, 2.05) is 32.0 Å². The van der Waals surface area contributed by atoms with Gasteiger partial charge in [0.05, 0.1) is 5.75 Å². The van der Waals surface area contributed by atoms with Crippen LogP contribution >= 0.6 is 11.8 Å². The standard InChI is InChI=1S/C14H14N4OS/c1-8-5-9(2)17-14(16-8)20-7-13-18-11-4-3-10(15)6-12(11)19-13/h3-6H,7,15H2,1-2H3. The minimum absolute atomic E-state index is 0.595. The Kier molecular flexibility index (Phi) is 3.31. The van der Waals surface area contributed by atoms with Crippen LogP contribution in [0.25, 0.3) is 11.1 Å². The van der Waals surface area contributed by atoms with Gasteiger partial charge in [-0.1, -0.05) is 11.8 Å². The Labute approximate surface area is 120 Å². The second-order valence-corrected chi connectivity index (χ2v) is 5.50. The van der Waals surface area contributed by atoms with Crippen LogP contribution in [0.2, 0.25) is 0 Å². The summed E-state index contributed by atoms with van der Waals surface area (Å²) in [5, 5.41) is 0.740. The molecule has 5 nitrogen and oxygen atoms in total. The minimum atomic E-state index is 0.595. The van der Waals surface area contributed by atoms with E-state index in [0.717, 1.165) is 22.1 Å². The van der Waals surface area contributed by atoms with Crippen LogP contribution in [0.15, 0.2) is 33.8 Å². The number of aryl methyl sites for hydroxylation is 2. The Morgan fingerprint density at radius 1 is 1.10 bits per heavy atom. The highest BCUT2D eigenvalue weighted by Gasteiger charge is 2.08. The third kappa shape index (κ3) is 2.75. The minimum Gasteiger partial charge on any atom is -0.440 e. The summed E-state index contributed by atoms with van der Waals surface area (Å²) < 4.78 is 5.66. The number of aromatic nitrogens is 3. The van der Waals surface area contributed by atoms with Crippen molar-refractivity contribution in [2.45, 2.75) is 24.8 Å². The van der Waals surface area contributed by atoms with Crippen molar-refractivity contribution in [3.05, 3.63) is 41.5 Å². The van der Waals surface area contributed by atoms with Crippen molar-refractivity contribution < 1.29 is 4.42 Å². The maximum atomic E-state index is 5.72. The zero-order valence-electron chi connectivity index (χ0n) is 11.3. The molecule has 1 aromatic carbocycles. The molecule has 0 saturated carbocycles. The third-order valence-electron chi connectivity index (χ3n) is 2.74. The summed E-state index contributed by atoms with van der Waals surface area (Å²) >= 11 is 1.51. The molecule has 0 spiro atoms. The fourth-order valence-corrected chi connectivity index (χ4v) is 2.73. The molecule has 3 aromatic rings. The summed E-state index contributed by atoms with van der Waals surface area (Å²) in [6.07, 6.45) is 0. The molecule has 0 atom stereocenters. The summed E-state index contributed by atoms with van der Waals surface area (Å²) in [7, 11) is 0. The number of anilines is 1. The number of nitrogen functional groups attached to an aromatic ring is 1. The van der Waals surface area contributed by atoms with Crippen LogP contribution < -0.4 is 5.73 Å². The highest BCUT2D eigenvalue weighted by molar-refractivity contribution is 7.98. The molecule has 2 N–H and O–H groups in total. The number of rotatable bonds is 3. The summed E-state index contributed by atoms with van der Waals surface area (Å²) in [6, 6.07) is 7.40. The molecule has 0 aliphatic carbocycles. The van der Waals surface area contributed by atoms with Crippen molar-refractivity contribution in [3.63, 3.8) is 0 Å². The van der Waals surface area contributed by atoms with E-state index in [9.17, 15) is 0 Å². The van der Waals surface area contributed by atoms with Crippen molar-refractivity contribution in [3.8, 4) is 0 Å². The smallest absolute Gasteiger partial charge is 0.205 e. The van der Waals surface area contributed by atoms with Gasteiger partial charge in [-0.3, -0.25) is 0 Å². The fraction of sp³-hybridized carbons (Fsp3) is 0.214. The van der Waals surface area contributed by atoms with E-state index in [2.05, 4.69) is 15.0 Å². The van der Waals surface area contributed by atoms with Gasteiger partial charge in [-0.15, -0.1) is 0 Å². The molecule has 0 radical (unpaired) electrons. The quantitative estimate of drug-likeness (QED) is 0.453. The van der Waals surface area contributed by atoms with Crippen LogP contribution in [-0.4, -0.2) is 15.0 Å². The van der Waals surface area contributed by atoms with E-state index < -0.39 is 0 Å². The van der Waals surface area contributed by atoms with E-state index in [1.165, 1.54) is 11.8 Å². The largest absolute Gasteiger partial charge is 0.440 e. The zero-order chi connectivity index (χ0) is 14.1. The normalized spacial score (nSPS) is 11.1. The van der Waals surface area contributed by atoms with Gasteiger partial charge >= 0.3 is 0 Å².